The number of aryl methyl sites for hydroxylation is 2. The smallest absolute Gasteiger partial charge is 0.307 e. The highest BCUT2D eigenvalue weighted by molar-refractivity contribution is 6.33. The minimum atomic E-state index is -3.67. The second-order valence-corrected chi connectivity index (χ2v) is 2.87. The van der Waals surface area contributed by atoms with Crippen LogP contribution in [-0.4, -0.2) is 14.3 Å². The summed E-state index contributed by atoms with van der Waals surface area (Å²) < 4.78 is 29.0. The molecular weight excluding hydrogens is 204 g/mol. The molecule has 1 aliphatic carbocycles. The Morgan fingerprint density at radius 3 is 1.67 bits per heavy atom. The van der Waals surface area contributed by atoms with Gasteiger partial charge in [0, 0.05) is 0 Å². The molecular formula is C10H12BF3O. The molecule has 2 rings (SSSR count). The number of benzene rings is 1. The number of rotatable bonds is 0. The van der Waals surface area contributed by atoms with E-state index in [0.717, 1.165) is 0 Å². The van der Waals surface area contributed by atoms with Gasteiger partial charge in [-0.2, -0.15) is 0 Å². The molecule has 0 amide bonds. The predicted molar refractivity (Wildman–Crippen MR) is 54.7 cm³/mol. The fourth-order valence-corrected chi connectivity index (χ4v) is 1.51. The first-order valence-corrected chi connectivity index (χ1v) is 4.48. The van der Waals surface area contributed by atoms with Gasteiger partial charge in [0.25, 0.3) is 0 Å². The summed E-state index contributed by atoms with van der Waals surface area (Å²) in [5, 5.41) is 0. The third-order valence-electron chi connectivity index (χ3n) is 2.01. The number of hydrogen-bond acceptors (Lipinski definition) is 1. The molecule has 0 atom stereocenters. The molecule has 1 nitrogen and oxygen atoms in total. The van der Waals surface area contributed by atoms with Crippen LogP contribution in [0.25, 0.3) is 0 Å². The Bertz CT molecular complexity index is 255. The Morgan fingerprint density at radius 2 is 1.33 bits per heavy atom. The number of hydrogen-bond donors (Lipinski definition) is 0. The fourth-order valence-electron chi connectivity index (χ4n) is 1.51. The predicted octanol–water partition coefficient (Wildman–Crippen LogP) is 2.87. The van der Waals surface area contributed by atoms with Crippen molar-refractivity contribution in [2.24, 2.45) is 0 Å². The molecule has 0 saturated carbocycles. The van der Waals surface area contributed by atoms with Crippen LogP contribution in [0.4, 0.5) is 12.9 Å². The summed E-state index contributed by atoms with van der Waals surface area (Å²) in [5.41, 5.74) is 3.13. The van der Waals surface area contributed by atoms with E-state index in [4.69, 9.17) is 4.79 Å². The van der Waals surface area contributed by atoms with E-state index in [9.17, 15) is 12.9 Å². The molecule has 0 radical (unpaired) electrons. The van der Waals surface area contributed by atoms with Crippen molar-refractivity contribution in [2.45, 2.75) is 19.3 Å². The molecule has 5 heteroatoms. The first-order chi connectivity index (χ1) is 7.20. The molecule has 0 aliphatic heterocycles. The largest absolute Gasteiger partial charge is 0.762 e. The van der Waals surface area contributed by atoms with Gasteiger partial charge in [0.2, 0.25) is 0 Å². The van der Waals surface area contributed by atoms with Gasteiger partial charge in [-0.1, -0.05) is 24.3 Å². The van der Waals surface area contributed by atoms with E-state index in [-0.39, 0.29) is 0 Å². The van der Waals surface area contributed by atoms with Gasteiger partial charge in [0.15, 0.2) is 0 Å². The summed E-state index contributed by atoms with van der Waals surface area (Å²) in [5.74, 6) is 0. The van der Waals surface area contributed by atoms with Gasteiger partial charge in [0.1, 0.15) is 6.79 Å². The Hall–Kier alpha value is -1.26. The van der Waals surface area contributed by atoms with Crippen LogP contribution in [0.15, 0.2) is 24.3 Å². The first-order valence-electron chi connectivity index (χ1n) is 4.48. The van der Waals surface area contributed by atoms with E-state index in [2.05, 4.69) is 24.3 Å². The lowest BCUT2D eigenvalue weighted by Crippen LogP contribution is -1.77. The summed E-state index contributed by atoms with van der Waals surface area (Å²) >= 11 is 0. The van der Waals surface area contributed by atoms with Crippen molar-refractivity contribution < 1.29 is 17.7 Å². The molecule has 0 N–H and O–H groups in total. The average molecular weight is 216 g/mol. The third-order valence-corrected chi connectivity index (χ3v) is 2.01. The van der Waals surface area contributed by atoms with Crippen molar-refractivity contribution in [3.63, 3.8) is 0 Å². The lowest BCUT2D eigenvalue weighted by Gasteiger charge is -1.93. The summed E-state index contributed by atoms with van der Waals surface area (Å²) in [6, 6.07) is 8.74. The quantitative estimate of drug-likeness (QED) is 0.609. The Kier molecular flexibility index (Phi) is 7.41. The Morgan fingerprint density at radius 1 is 1.00 bits per heavy atom. The van der Waals surface area contributed by atoms with E-state index in [0.29, 0.717) is 0 Å². The van der Waals surface area contributed by atoms with Crippen molar-refractivity contribution in [2.75, 3.05) is 0 Å². The molecule has 1 aromatic rings. The van der Waals surface area contributed by atoms with Gasteiger partial charge in [-0.3, -0.25) is 12.9 Å². The normalized spacial score (nSPS) is 11.4. The zero-order valence-electron chi connectivity index (χ0n) is 8.26. The molecule has 0 aromatic heterocycles. The maximum absolute atomic E-state index is 9.67. The molecule has 82 valence electrons. The van der Waals surface area contributed by atoms with Crippen LogP contribution in [0, 0.1) is 0 Å². The van der Waals surface area contributed by atoms with Gasteiger partial charge in [-0.25, -0.2) is 0 Å². The molecule has 0 saturated heterocycles. The molecule has 0 bridgehead atoms. The average Bonchev–Trinajstić information content (AvgIpc) is 2.67. The summed E-state index contributed by atoms with van der Waals surface area (Å²) in [7, 11) is -3.67. The SMILES string of the molecule is C=O.FB(F)F.c1ccc2c(c1)CCC2. The van der Waals surface area contributed by atoms with Gasteiger partial charge < -0.3 is 4.79 Å². The standard InChI is InChI=1S/C9H10.CH2O.BF3/c1-2-5-9-7-3-6-8(9)4-1;1-2;2-1(3)4/h1-2,4-5H,3,6-7H2;1H2;. The van der Waals surface area contributed by atoms with E-state index in [1.54, 1.807) is 11.1 Å². The summed E-state index contributed by atoms with van der Waals surface area (Å²) in [4.78, 5) is 8.00. The first kappa shape index (κ1) is 13.7. The third kappa shape index (κ3) is 5.94. The van der Waals surface area contributed by atoms with Crippen molar-refractivity contribution in [3.05, 3.63) is 35.4 Å². The highest BCUT2D eigenvalue weighted by atomic mass is 19.4. The van der Waals surface area contributed by atoms with Gasteiger partial charge in [0.05, 0.1) is 0 Å². The lowest BCUT2D eigenvalue weighted by molar-refractivity contribution is -0.0979. The fraction of sp³-hybridized carbons (Fsp3) is 0.300. The van der Waals surface area contributed by atoms with Crippen LogP contribution in [0.2, 0.25) is 0 Å². The van der Waals surface area contributed by atoms with Gasteiger partial charge in [-0.05, 0) is 30.4 Å². The van der Waals surface area contributed by atoms with Crippen molar-refractivity contribution >= 4 is 14.3 Å². The molecule has 0 unspecified atom stereocenters. The molecule has 0 heterocycles. The van der Waals surface area contributed by atoms with Crippen molar-refractivity contribution in [3.8, 4) is 0 Å². The second-order valence-electron chi connectivity index (χ2n) is 2.87. The summed E-state index contributed by atoms with van der Waals surface area (Å²) in [6.07, 6.45) is 3.96. The zero-order valence-corrected chi connectivity index (χ0v) is 8.26. The van der Waals surface area contributed by atoms with Crippen LogP contribution in [0.3, 0.4) is 0 Å². The van der Waals surface area contributed by atoms with Crippen molar-refractivity contribution in [1.29, 1.82) is 0 Å². The number of halogens is 3. The van der Waals surface area contributed by atoms with Gasteiger partial charge in [-0.15, -0.1) is 0 Å². The van der Waals surface area contributed by atoms with E-state index < -0.39 is 7.54 Å². The zero-order chi connectivity index (χ0) is 11.7. The highest BCUT2D eigenvalue weighted by Crippen LogP contribution is 2.20. The van der Waals surface area contributed by atoms with Crippen molar-refractivity contribution in [1.82, 2.24) is 0 Å². The summed E-state index contributed by atoms with van der Waals surface area (Å²) in [6.45, 7) is 2.00. The minimum Gasteiger partial charge on any atom is -0.307 e. The topological polar surface area (TPSA) is 17.1 Å². The lowest BCUT2D eigenvalue weighted by atomic mass is 10.1. The van der Waals surface area contributed by atoms with Crippen LogP contribution in [0.5, 0.6) is 0 Å². The van der Waals surface area contributed by atoms with Crippen LogP contribution in [-0.2, 0) is 17.6 Å². The van der Waals surface area contributed by atoms with Crippen LogP contribution in [0.1, 0.15) is 17.5 Å². The maximum atomic E-state index is 9.67. The monoisotopic (exact) mass is 216 g/mol. The second kappa shape index (κ2) is 8.09. The number of carbonyl (C=O) groups excluding carboxylic acids is 1. The molecule has 0 spiro atoms. The molecule has 1 aromatic carbocycles. The number of carbonyl (C=O) groups is 1. The molecule has 15 heavy (non-hydrogen) atoms. The van der Waals surface area contributed by atoms with Crippen LogP contribution < -0.4 is 0 Å². The number of fused-ring (bicyclic) bond motifs is 1. The van der Waals surface area contributed by atoms with Crippen LogP contribution >= 0.6 is 0 Å². The highest BCUT2D eigenvalue weighted by Gasteiger charge is 2.07. The van der Waals surface area contributed by atoms with Gasteiger partial charge >= 0.3 is 7.54 Å². The molecule has 1 aliphatic rings. The van der Waals surface area contributed by atoms with E-state index in [1.165, 1.54) is 19.3 Å². The Labute approximate surface area is 87.5 Å². The van der Waals surface area contributed by atoms with E-state index in [1.807, 2.05) is 6.79 Å². The Balaban J connectivity index is 0.000000282. The minimum absolute atomic E-state index is 1.30. The molecule has 0 fully saturated rings. The maximum Gasteiger partial charge on any atom is 0.762 e. The van der Waals surface area contributed by atoms with E-state index >= 15 is 0 Å².